The number of hydrogen-bond donors (Lipinski definition) is 4. The first-order valence-electron chi connectivity index (χ1n) is 28.3. The van der Waals surface area contributed by atoms with Gasteiger partial charge in [-0.1, -0.05) is 140 Å². The molecule has 1 unspecified atom stereocenters. The molecule has 2 heterocycles. The van der Waals surface area contributed by atoms with Gasteiger partial charge in [0.25, 0.3) is 0 Å². The molecule has 0 bridgehead atoms. The lowest BCUT2D eigenvalue weighted by Gasteiger charge is -2.37. The predicted octanol–water partition coefficient (Wildman–Crippen LogP) is 8.73. The first-order chi connectivity index (χ1) is 36.2. The van der Waals surface area contributed by atoms with E-state index in [4.69, 9.17) is 0 Å². The molecule has 2 aliphatic heterocycles. The molecule has 0 aromatic heterocycles. The van der Waals surface area contributed by atoms with Gasteiger partial charge in [-0.15, -0.1) is 0 Å². The van der Waals surface area contributed by atoms with E-state index in [0.717, 1.165) is 96.9 Å². The molecule has 0 saturated carbocycles. The zero-order chi connectivity index (χ0) is 55.2. The smallest absolute Gasteiger partial charge is 0.246 e. The molecule has 2 aliphatic rings. The Kier molecular flexibility index (Phi) is 21.5. The number of nitrogens with one attached hydrogen (secondary N) is 4. The fraction of sp³-hybridized carbons (Fsp3) is 0.581. The van der Waals surface area contributed by atoms with Crippen LogP contribution in [0.3, 0.4) is 0 Å². The molecule has 14 nitrogen and oxygen atoms in total. The molecule has 4 aromatic rings. The molecular formula is C62H90N8O6. The summed E-state index contributed by atoms with van der Waals surface area (Å²) in [5.41, 5.74) is 1.04. The number of hydrogen-bond acceptors (Lipinski definition) is 8. The minimum absolute atomic E-state index is 0.0673. The lowest BCUT2D eigenvalue weighted by Crippen LogP contribution is -2.59. The maximum atomic E-state index is 14.4. The molecule has 0 radical (unpaired) electrons. The van der Waals surface area contributed by atoms with Gasteiger partial charge >= 0.3 is 0 Å². The zero-order valence-electron chi connectivity index (χ0n) is 47.5. The number of likely N-dealkylation sites (N-methyl/N-ethyl adjacent to an activating group) is 2. The fourth-order valence-electron chi connectivity index (χ4n) is 10.8. The van der Waals surface area contributed by atoms with E-state index in [0.29, 0.717) is 52.1 Å². The third kappa shape index (κ3) is 16.3. The van der Waals surface area contributed by atoms with Gasteiger partial charge < -0.3 is 40.9 Å². The minimum atomic E-state index is -0.713. The van der Waals surface area contributed by atoms with Crippen molar-refractivity contribution in [2.75, 3.05) is 40.3 Å². The Labute approximate surface area is 453 Å². The van der Waals surface area contributed by atoms with E-state index in [9.17, 15) is 28.8 Å². The van der Waals surface area contributed by atoms with E-state index >= 15 is 0 Å². The van der Waals surface area contributed by atoms with Crippen LogP contribution in [0.25, 0.3) is 21.5 Å². The molecule has 4 N–H and O–H groups in total. The highest BCUT2D eigenvalue weighted by atomic mass is 16.2. The molecule has 2 saturated heterocycles. The molecule has 4 aromatic carbocycles. The molecule has 76 heavy (non-hydrogen) atoms. The van der Waals surface area contributed by atoms with Crippen molar-refractivity contribution in [3.05, 3.63) is 96.1 Å². The summed E-state index contributed by atoms with van der Waals surface area (Å²) >= 11 is 0. The molecule has 2 fully saturated rings. The van der Waals surface area contributed by atoms with Gasteiger partial charge in [-0.05, 0) is 122 Å². The predicted molar refractivity (Wildman–Crippen MR) is 305 cm³/mol. The van der Waals surface area contributed by atoms with Crippen LogP contribution in [0.4, 0.5) is 0 Å². The van der Waals surface area contributed by atoms with Crippen LogP contribution in [0.5, 0.6) is 0 Å². The van der Waals surface area contributed by atoms with E-state index in [2.05, 4.69) is 81.9 Å². The van der Waals surface area contributed by atoms with Crippen LogP contribution in [-0.2, 0) is 41.9 Å². The van der Waals surface area contributed by atoms with Crippen molar-refractivity contribution < 1.29 is 28.8 Å². The Morgan fingerprint density at radius 1 is 0.526 bits per heavy atom. The molecule has 14 heteroatoms. The highest BCUT2D eigenvalue weighted by Crippen LogP contribution is 2.30. The van der Waals surface area contributed by atoms with E-state index in [1.807, 2.05) is 85.4 Å². The Balaban J connectivity index is 1.05. The van der Waals surface area contributed by atoms with Gasteiger partial charge in [0.2, 0.25) is 35.4 Å². The zero-order valence-corrected chi connectivity index (χ0v) is 47.5. The summed E-state index contributed by atoms with van der Waals surface area (Å²) in [4.78, 5) is 91.1. The second kappa shape index (κ2) is 27.5. The summed E-state index contributed by atoms with van der Waals surface area (Å²) in [6, 6.07) is 26.5. The average Bonchev–Trinajstić information content (AvgIpc) is 4.07. The molecule has 6 rings (SSSR count). The van der Waals surface area contributed by atoms with Gasteiger partial charge in [-0.3, -0.25) is 28.8 Å². The average molecular weight is 1040 g/mol. The third-order valence-corrected chi connectivity index (χ3v) is 15.7. The van der Waals surface area contributed by atoms with Crippen molar-refractivity contribution >= 4 is 57.0 Å². The molecule has 6 amide bonds. The summed E-state index contributed by atoms with van der Waals surface area (Å²) < 4.78 is 0. The standard InChI is InChI=1S/C62H90N8O6/c1-43(63-9)57(73)65-55(61(3,4)5)59(75)69-35-21-27-51(69)41-67(39-45-31-33-47-23-17-19-25-49(47)37-45)53(71)29-15-13-11-12-14-16-30-54(72)68(40-46-32-34-48-24-18-20-26-50(48)38-46)42-52-28-22-36-70(52)60(76)56(62(6,7)8)66-58(74)44(2)64-10/h17-20,23-26,31-34,37-38,43-44,51-52,55-56,63-64H,11-16,21-22,27-30,35-36,39-42H2,1-10H3,(H,65,73)(H,66,74)/t43-,44-,51-,52-,55+,56?/m0/s1. The lowest BCUT2D eigenvalue weighted by atomic mass is 9.85. The van der Waals surface area contributed by atoms with Crippen molar-refractivity contribution in [1.29, 1.82) is 0 Å². The maximum Gasteiger partial charge on any atom is 0.246 e. The number of likely N-dealkylation sites (tertiary alicyclic amines) is 2. The first-order valence-corrected chi connectivity index (χ1v) is 28.3. The molecule has 0 spiro atoms. The monoisotopic (exact) mass is 1040 g/mol. The highest BCUT2D eigenvalue weighted by molar-refractivity contribution is 5.92. The molecule has 6 atom stereocenters. The van der Waals surface area contributed by atoms with Crippen LogP contribution in [-0.4, -0.2) is 132 Å². The number of carbonyl (C=O) groups is 6. The van der Waals surface area contributed by atoms with Crippen molar-refractivity contribution in [2.45, 2.75) is 182 Å². The van der Waals surface area contributed by atoms with Crippen LogP contribution in [0.2, 0.25) is 0 Å². The van der Waals surface area contributed by atoms with E-state index in [1.165, 1.54) is 0 Å². The Hall–Kier alpha value is -5.86. The molecule has 414 valence electrons. The second-order valence-corrected chi connectivity index (χ2v) is 23.8. The van der Waals surface area contributed by atoms with Crippen LogP contribution < -0.4 is 21.3 Å². The number of unbranched alkanes of at least 4 members (excludes halogenated alkanes) is 5. The molecule has 0 aliphatic carbocycles. The van der Waals surface area contributed by atoms with E-state index in [-0.39, 0.29) is 47.5 Å². The van der Waals surface area contributed by atoms with Gasteiger partial charge in [-0.25, -0.2) is 0 Å². The van der Waals surface area contributed by atoms with Crippen LogP contribution in [0.15, 0.2) is 84.9 Å². The third-order valence-electron chi connectivity index (χ3n) is 15.7. The van der Waals surface area contributed by atoms with Gasteiger partial charge in [0.1, 0.15) is 12.1 Å². The second-order valence-electron chi connectivity index (χ2n) is 23.8. The lowest BCUT2D eigenvalue weighted by molar-refractivity contribution is -0.142. The Morgan fingerprint density at radius 2 is 0.882 bits per heavy atom. The normalized spacial score (nSPS) is 17.6. The van der Waals surface area contributed by atoms with Gasteiger partial charge in [0.05, 0.1) is 12.1 Å². The maximum absolute atomic E-state index is 14.4. The Bertz CT molecular complexity index is 2430. The summed E-state index contributed by atoms with van der Waals surface area (Å²) in [6.07, 6.45) is 9.18. The summed E-state index contributed by atoms with van der Waals surface area (Å²) in [5, 5.41) is 16.5. The van der Waals surface area contributed by atoms with Crippen LogP contribution >= 0.6 is 0 Å². The number of fused-ring (bicyclic) bond motifs is 2. The topological polar surface area (TPSA) is 163 Å². The summed E-state index contributed by atoms with van der Waals surface area (Å²) in [5.74, 6) is -0.524. The highest BCUT2D eigenvalue weighted by Gasteiger charge is 2.42. The fourth-order valence-corrected chi connectivity index (χ4v) is 10.8. The number of nitrogens with zero attached hydrogens (tertiary/aromatic N) is 4. The van der Waals surface area contributed by atoms with Crippen LogP contribution in [0, 0.1) is 10.8 Å². The quantitative estimate of drug-likeness (QED) is 0.0479. The Morgan fingerprint density at radius 3 is 1.24 bits per heavy atom. The number of carbonyl (C=O) groups excluding carboxylic acids is 6. The van der Waals surface area contributed by atoms with Crippen LogP contribution in [0.1, 0.15) is 144 Å². The van der Waals surface area contributed by atoms with E-state index in [1.54, 1.807) is 27.9 Å². The summed E-state index contributed by atoms with van der Waals surface area (Å²) in [7, 11) is 3.45. The largest absolute Gasteiger partial charge is 0.342 e. The van der Waals surface area contributed by atoms with Crippen molar-refractivity contribution in [3.8, 4) is 0 Å². The van der Waals surface area contributed by atoms with Gasteiger partial charge in [0.15, 0.2) is 0 Å². The minimum Gasteiger partial charge on any atom is -0.342 e. The summed E-state index contributed by atoms with van der Waals surface area (Å²) in [6.45, 7) is 18.3. The van der Waals surface area contributed by atoms with Crippen molar-refractivity contribution in [1.82, 2.24) is 40.9 Å². The van der Waals surface area contributed by atoms with Crippen molar-refractivity contribution in [2.24, 2.45) is 10.8 Å². The number of benzene rings is 4. The molecular weight excluding hydrogens is 953 g/mol. The van der Waals surface area contributed by atoms with E-state index < -0.39 is 35.0 Å². The SMILES string of the molecule is CN[C@@H](C)C(=O)NC(C(=O)N1CCC[C@H]1CN(Cc1ccc2ccccc2c1)C(=O)CCCCCCCCC(=O)N(Cc1ccc2ccccc2c1)C[C@@H]1CCCN1C(=O)[C@@H](NC(=O)[C@H](C)NC)C(C)(C)C)C(C)(C)C. The number of amides is 6. The van der Waals surface area contributed by atoms with Crippen molar-refractivity contribution in [3.63, 3.8) is 0 Å². The van der Waals surface area contributed by atoms with Gasteiger partial charge in [-0.2, -0.15) is 0 Å². The first kappa shape index (κ1) is 59.4. The van der Waals surface area contributed by atoms with Gasteiger partial charge in [0, 0.05) is 64.2 Å². The number of rotatable bonds is 25.